The van der Waals surface area contributed by atoms with Crippen molar-refractivity contribution in [1.82, 2.24) is 15.3 Å². The molecule has 2 atom stereocenters. The van der Waals surface area contributed by atoms with Gasteiger partial charge in [-0.1, -0.05) is 18.0 Å². The van der Waals surface area contributed by atoms with Gasteiger partial charge < -0.3 is 5.32 Å². The largest absolute Gasteiger partial charge is 0.313 e. The van der Waals surface area contributed by atoms with E-state index in [1.165, 1.54) is 19.2 Å². The molecular formula is C10H14ClN3OS. The van der Waals surface area contributed by atoms with Crippen LogP contribution >= 0.6 is 11.6 Å². The minimum atomic E-state index is -1.09. The first-order valence-electron chi connectivity index (χ1n) is 5.35. The Morgan fingerprint density at radius 3 is 3.06 bits per heavy atom. The lowest BCUT2D eigenvalue weighted by atomic mass is 10.1. The maximum atomic E-state index is 12.0. The van der Waals surface area contributed by atoms with Gasteiger partial charge in [0.2, 0.25) is 0 Å². The van der Waals surface area contributed by atoms with Crippen LogP contribution in [0.1, 0.15) is 19.3 Å². The number of halogens is 1. The van der Waals surface area contributed by atoms with Crippen LogP contribution in [0.4, 0.5) is 0 Å². The number of hydrogen-bond donors (Lipinski definition) is 1. The number of rotatable bonds is 3. The van der Waals surface area contributed by atoms with Crippen molar-refractivity contribution in [2.24, 2.45) is 0 Å². The van der Waals surface area contributed by atoms with Crippen LogP contribution in [0, 0.1) is 0 Å². The smallest absolute Gasteiger partial charge is 0.133 e. The second-order valence-electron chi connectivity index (χ2n) is 3.84. The van der Waals surface area contributed by atoms with Gasteiger partial charge in [0.15, 0.2) is 0 Å². The summed E-state index contributed by atoms with van der Waals surface area (Å²) in [4.78, 5) is 7.75. The predicted molar refractivity (Wildman–Crippen MR) is 64.0 cm³/mol. The third kappa shape index (κ3) is 3.23. The molecule has 2 heterocycles. The number of piperidine rings is 1. The van der Waals surface area contributed by atoms with Gasteiger partial charge in [0.05, 0.1) is 10.8 Å². The molecular weight excluding hydrogens is 246 g/mol. The predicted octanol–water partition coefficient (Wildman–Crippen LogP) is 1.38. The van der Waals surface area contributed by atoms with Crippen molar-refractivity contribution in [3.63, 3.8) is 0 Å². The first-order valence-corrected chi connectivity index (χ1v) is 7.05. The fourth-order valence-corrected chi connectivity index (χ4v) is 3.22. The quantitative estimate of drug-likeness (QED) is 0.834. The van der Waals surface area contributed by atoms with Crippen LogP contribution in [0.25, 0.3) is 0 Å². The summed E-state index contributed by atoms with van der Waals surface area (Å²) >= 11 is 5.73. The van der Waals surface area contributed by atoms with E-state index < -0.39 is 10.8 Å². The molecule has 1 N–H and O–H groups in total. The van der Waals surface area contributed by atoms with Crippen molar-refractivity contribution in [2.75, 3.05) is 12.3 Å². The van der Waals surface area contributed by atoms with E-state index in [4.69, 9.17) is 11.6 Å². The lowest BCUT2D eigenvalue weighted by Gasteiger charge is -2.22. The molecule has 1 saturated heterocycles. The molecule has 0 aliphatic carbocycles. The summed E-state index contributed by atoms with van der Waals surface area (Å²) in [6.45, 7) is 1.02. The van der Waals surface area contributed by atoms with Gasteiger partial charge in [-0.15, -0.1) is 0 Å². The Morgan fingerprint density at radius 1 is 1.50 bits per heavy atom. The van der Waals surface area contributed by atoms with Gasteiger partial charge in [-0.3, -0.25) is 4.21 Å². The Kier molecular flexibility index (Phi) is 4.26. The monoisotopic (exact) mass is 259 g/mol. The molecule has 4 nitrogen and oxygen atoms in total. The van der Waals surface area contributed by atoms with Gasteiger partial charge in [0, 0.05) is 17.9 Å². The molecule has 6 heteroatoms. The Hall–Kier alpha value is -0.520. The summed E-state index contributed by atoms with van der Waals surface area (Å²) in [5.41, 5.74) is 0. The molecule has 0 spiro atoms. The molecule has 2 rings (SSSR count). The molecule has 88 valence electrons. The zero-order chi connectivity index (χ0) is 11.4. The van der Waals surface area contributed by atoms with Gasteiger partial charge >= 0.3 is 0 Å². The molecule has 16 heavy (non-hydrogen) atoms. The number of aromatic nitrogens is 2. The number of nitrogens with zero attached hydrogens (tertiary/aromatic N) is 2. The van der Waals surface area contributed by atoms with E-state index in [-0.39, 0.29) is 0 Å². The molecule has 0 bridgehead atoms. The van der Waals surface area contributed by atoms with Crippen LogP contribution in [0.15, 0.2) is 17.4 Å². The molecule has 1 fully saturated rings. The second kappa shape index (κ2) is 5.70. The summed E-state index contributed by atoms with van der Waals surface area (Å²) in [5.74, 6) is 0.605. The van der Waals surface area contributed by atoms with Gasteiger partial charge in [0.25, 0.3) is 0 Å². The molecule has 1 aliphatic rings. The van der Waals surface area contributed by atoms with Crippen molar-refractivity contribution in [3.05, 3.63) is 17.5 Å². The van der Waals surface area contributed by atoms with Crippen molar-refractivity contribution >= 4 is 22.4 Å². The Labute approximate surface area is 102 Å². The molecule has 0 aromatic carbocycles. The number of nitrogens with one attached hydrogen (secondary N) is 1. The van der Waals surface area contributed by atoms with Crippen LogP contribution in [0.3, 0.4) is 0 Å². The summed E-state index contributed by atoms with van der Waals surface area (Å²) < 4.78 is 12.0. The third-order valence-corrected chi connectivity index (χ3v) is 4.21. The van der Waals surface area contributed by atoms with Crippen LogP contribution in [0.2, 0.25) is 5.15 Å². The highest BCUT2D eigenvalue weighted by molar-refractivity contribution is 7.85. The zero-order valence-electron chi connectivity index (χ0n) is 8.86. The van der Waals surface area contributed by atoms with E-state index in [0.717, 1.165) is 13.0 Å². The maximum Gasteiger partial charge on any atom is 0.133 e. The summed E-state index contributed by atoms with van der Waals surface area (Å²) in [6.07, 6.45) is 4.86. The average Bonchev–Trinajstić information content (AvgIpc) is 2.30. The summed E-state index contributed by atoms with van der Waals surface area (Å²) in [6, 6.07) is 1.91. The average molecular weight is 260 g/mol. The first kappa shape index (κ1) is 12.0. The second-order valence-corrected chi connectivity index (χ2v) is 5.67. The SMILES string of the molecule is O=[S@](C[C@H]1CCCCN1)c1cc(Cl)ncn1. The highest BCUT2D eigenvalue weighted by atomic mass is 35.5. The fourth-order valence-electron chi connectivity index (χ4n) is 1.78. The van der Waals surface area contributed by atoms with E-state index >= 15 is 0 Å². The standard InChI is InChI=1S/C10H14ClN3OS/c11-9-5-10(14-7-13-9)16(15)6-8-3-1-2-4-12-8/h5,7-8,12H,1-4,6H2/t8-,16-/m1/s1. The summed E-state index contributed by atoms with van der Waals surface area (Å²) in [5, 5.41) is 4.23. The minimum Gasteiger partial charge on any atom is -0.313 e. The Bertz CT molecular complexity index is 382. The van der Waals surface area contributed by atoms with Gasteiger partial charge in [-0.25, -0.2) is 9.97 Å². The lowest BCUT2D eigenvalue weighted by molar-refractivity contribution is 0.427. The third-order valence-electron chi connectivity index (χ3n) is 2.61. The van der Waals surface area contributed by atoms with Crippen molar-refractivity contribution in [1.29, 1.82) is 0 Å². The molecule has 1 aromatic heterocycles. The molecule has 0 amide bonds. The Morgan fingerprint density at radius 2 is 2.38 bits per heavy atom. The molecule has 0 radical (unpaired) electrons. The normalized spacial score (nSPS) is 22.9. The molecule has 0 saturated carbocycles. The fraction of sp³-hybridized carbons (Fsp3) is 0.600. The maximum absolute atomic E-state index is 12.0. The minimum absolute atomic E-state index is 0.336. The van der Waals surface area contributed by atoms with Crippen molar-refractivity contribution in [3.8, 4) is 0 Å². The van der Waals surface area contributed by atoms with E-state index in [0.29, 0.717) is 22.0 Å². The van der Waals surface area contributed by atoms with E-state index in [2.05, 4.69) is 15.3 Å². The van der Waals surface area contributed by atoms with Crippen LogP contribution in [-0.2, 0) is 10.8 Å². The van der Waals surface area contributed by atoms with Gasteiger partial charge in [0.1, 0.15) is 16.5 Å². The van der Waals surface area contributed by atoms with Crippen LogP contribution in [0.5, 0.6) is 0 Å². The van der Waals surface area contributed by atoms with Crippen LogP contribution < -0.4 is 5.32 Å². The lowest BCUT2D eigenvalue weighted by Crippen LogP contribution is -2.38. The highest BCUT2D eigenvalue weighted by Crippen LogP contribution is 2.13. The topological polar surface area (TPSA) is 54.9 Å². The van der Waals surface area contributed by atoms with Crippen molar-refractivity contribution < 1.29 is 4.21 Å². The van der Waals surface area contributed by atoms with Crippen molar-refractivity contribution in [2.45, 2.75) is 30.3 Å². The summed E-state index contributed by atoms with van der Waals surface area (Å²) in [7, 11) is -1.09. The number of hydrogen-bond acceptors (Lipinski definition) is 4. The van der Waals surface area contributed by atoms with E-state index in [9.17, 15) is 4.21 Å². The highest BCUT2D eigenvalue weighted by Gasteiger charge is 2.17. The van der Waals surface area contributed by atoms with E-state index in [1.807, 2.05) is 0 Å². The van der Waals surface area contributed by atoms with E-state index in [1.54, 1.807) is 6.07 Å². The zero-order valence-corrected chi connectivity index (χ0v) is 10.4. The Balaban J connectivity index is 1.97. The van der Waals surface area contributed by atoms with Crippen LogP contribution in [-0.4, -0.2) is 32.5 Å². The molecule has 1 aromatic rings. The van der Waals surface area contributed by atoms with Gasteiger partial charge in [-0.05, 0) is 19.4 Å². The molecule has 1 aliphatic heterocycles. The first-order chi connectivity index (χ1) is 7.75. The molecule has 0 unspecified atom stereocenters. The van der Waals surface area contributed by atoms with Gasteiger partial charge in [-0.2, -0.15) is 0 Å².